The molecule has 0 unspecified atom stereocenters. The maximum atomic E-state index is 12.0. The van der Waals surface area contributed by atoms with Gasteiger partial charge in [-0.05, 0) is 53.9 Å². The lowest BCUT2D eigenvalue weighted by molar-refractivity contribution is 0.0927. The molecule has 2 N–H and O–H groups in total. The molecule has 0 radical (unpaired) electrons. The SMILES string of the molecule is O=C(NCCCNC1CC1)c1cc2cccc(Br)c2o1. The van der Waals surface area contributed by atoms with Crippen molar-refractivity contribution in [1.82, 2.24) is 10.6 Å². The fraction of sp³-hybridized carbons (Fsp3) is 0.400. The van der Waals surface area contributed by atoms with Crippen molar-refractivity contribution in [2.45, 2.75) is 25.3 Å². The number of halogens is 1. The molecule has 3 rings (SSSR count). The van der Waals surface area contributed by atoms with E-state index in [4.69, 9.17) is 4.42 Å². The van der Waals surface area contributed by atoms with Gasteiger partial charge in [0.05, 0.1) is 4.47 Å². The van der Waals surface area contributed by atoms with E-state index in [-0.39, 0.29) is 5.91 Å². The second kappa shape index (κ2) is 5.97. The standard InChI is InChI=1S/C15H17BrN2O2/c16-12-4-1-3-10-9-13(20-14(10)12)15(19)18-8-2-7-17-11-5-6-11/h1,3-4,9,11,17H,2,5-8H2,(H,18,19). The molecule has 2 aromatic rings. The van der Waals surface area contributed by atoms with E-state index in [1.54, 1.807) is 6.07 Å². The second-order valence-electron chi connectivity index (χ2n) is 5.11. The van der Waals surface area contributed by atoms with Crippen molar-refractivity contribution >= 4 is 32.8 Å². The summed E-state index contributed by atoms with van der Waals surface area (Å²) in [6.07, 6.45) is 3.52. The molecule has 0 atom stereocenters. The van der Waals surface area contributed by atoms with Crippen LogP contribution in [0.2, 0.25) is 0 Å². The summed E-state index contributed by atoms with van der Waals surface area (Å²) in [6.45, 7) is 1.62. The first-order chi connectivity index (χ1) is 9.74. The van der Waals surface area contributed by atoms with E-state index in [1.165, 1.54) is 12.8 Å². The van der Waals surface area contributed by atoms with Crippen LogP contribution in [-0.2, 0) is 0 Å². The number of benzene rings is 1. The van der Waals surface area contributed by atoms with Gasteiger partial charge >= 0.3 is 0 Å². The highest BCUT2D eigenvalue weighted by atomic mass is 79.9. The van der Waals surface area contributed by atoms with Gasteiger partial charge in [0.15, 0.2) is 5.76 Å². The van der Waals surface area contributed by atoms with Crippen LogP contribution >= 0.6 is 15.9 Å². The summed E-state index contributed by atoms with van der Waals surface area (Å²) in [5, 5.41) is 7.23. The first-order valence-electron chi connectivity index (χ1n) is 6.94. The number of para-hydroxylation sites is 1. The third-order valence-electron chi connectivity index (χ3n) is 3.37. The quantitative estimate of drug-likeness (QED) is 0.797. The van der Waals surface area contributed by atoms with E-state index in [0.29, 0.717) is 17.9 Å². The molecule has 5 heteroatoms. The van der Waals surface area contributed by atoms with Gasteiger partial charge < -0.3 is 15.1 Å². The van der Waals surface area contributed by atoms with E-state index in [9.17, 15) is 4.79 Å². The van der Waals surface area contributed by atoms with E-state index >= 15 is 0 Å². The summed E-state index contributed by atoms with van der Waals surface area (Å²) in [6, 6.07) is 8.25. The summed E-state index contributed by atoms with van der Waals surface area (Å²) in [5.74, 6) is 0.210. The summed E-state index contributed by atoms with van der Waals surface area (Å²) in [4.78, 5) is 12.0. The third kappa shape index (κ3) is 3.22. The molecule has 1 fully saturated rings. The monoisotopic (exact) mass is 336 g/mol. The lowest BCUT2D eigenvalue weighted by atomic mass is 10.2. The first-order valence-corrected chi connectivity index (χ1v) is 7.73. The molecule has 1 aliphatic carbocycles. The lowest BCUT2D eigenvalue weighted by Gasteiger charge is -2.04. The Bertz CT molecular complexity index is 619. The van der Waals surface area contributed by atoms with Crippen LogP contribution in [0.5, 0.6) is 0 Å². The molecule has 1 heterocycles. The Hall–Kier alpha value is -1.33. The van der Waals surface area contributed by atoms with E-state index in [1.807, 2.05) is 18.2 Å². The zero-order valence-corrected chi connectivity index (χ0v) is 12.7. The minimum absolute atomic E-state index is 0.153. The zero-order chi connectivity index (χ0) is 13.9. The number of rotatable bonds is 6. The van der Waals surface area contributed by atoms with Crippen LogP contribution < -0.4 is 10.6 Å². The highest BCUT2D eigenvalue weighted by Gasteiger charge is 2.19. The molecular weight excluding hydrogens is 320 g/mol. The van der Waals surface area contributed by atoms with Crippen LogP contribution in [0.15, 0.2) is 33.2 Å². The summed E-state index contributed by atoms with van der Waals surface area (Å²) >= 11 is 3.42. The Morgan fingerprint density at radius 3 is 2.95 bits per heavy atom. The van der Waals surface area contributed by atoms with Crippen LogP contribution in [0.3, 0.4) is 0 Å². The van der Waals surface area contributed by atoms with E-state index in [0.717, 1.165) is 28.9 Å². The van der Waals surface area contributed by atoms with Gasteiger partial charge in [0.1, 0.15) is 5.58 Å². The minimum Gasteiger partial charge on any atom is -0.450 e. The fourth-order valence-corrected chi connectivity index (χ4v) is 2.57. The van der Waals surface area contributed by atoms with Crippen molar-refractivity contribution in [2.24, 2.45) is 0 Å². The summed E-state index contributed by atoms with van der Waals surface area (Å²) in [7, 11) is 0. The zero-order valence-electron chi connectivity index (χ0n) is 11.1. The Morgan fingerprint density at radius 1 is 1.35 bits per heavy atom. The van der Waals surface area contributed by atoms with Crippen LogP contribution in [0.4, 0.5) is 0 Å². The molecule has 0 spiro atoms. The number of fused-ring (bicyclic) bond motifs is 1. The topological polar surface area (TPSA) is 54.3 Å². The minimum atomic E-state index is -0.153. The van der Waals surface area contributed by atoms with Crippen molar-refractivity contribution in [3.05, 3.63) is 34.5 Å². The van der Waals surface area contributed by atoms with Crippen molar-refractivity contribution < 1.29 is 9.21 Å². The first kappa shape index (κ1) is 13.6. The third-order valence-corrected chi connectivity index (χ3v) is 3.99. The van der Waals surface area contributed by atoms with Crippen molar-refractivity contribution in [3.63, 3.8) is 0 Å². The van der Waals surface area contributed by atoms with Gasteiger partial charge in [-0.25, -0.2) is 0 Å². The smallest absolute Gasteiger partial charge is 0.287 e. The van der Waals surface area contributed by atoms with Gasteiger partial charge in [-0.2, -0.15) is 0 Å². The lowest BCUT2D eigenvalue weighted by Crippen LogP contribution is -2.27. The molecule has 20 heavy (non-hydrogen) atoms. The van der Waals surface area contributed by atoms with Gasteiger partial charge in [0, 0.05) is 18.0 Å². The summed E-state index contributed by atoms with van der Waals surface area (Å²) < 4.78 is 6.45. The Balaban J connectivity index is 1.53. The fourth-order valence-electron chi connectivity index (χ4n) is 2.11. The molecule has 0 saturated heterocycles. The average Bonchev–Trinajstić information content (AvgIpc) is 3.15. The molecule has 1 amide bonds. The van der Waals surface area contributed by atoms with E-state index in [2.05, 4.69) is 26.6 Å². The second-order valence-corrected chi connectivity index (χ2v) is 5.96. The van der Waals surface area contributed by atoms with Crippen molar-refractivity contribution in [3.8, 4) is 0 Å². The van der Waals surface area contributed by atoms with Crippen molar-refractivity contribution in [2.75, 3.05) is 13.1 Å². The van der Waals surface area contributed by atoms with Crippen LogP contribution in [-0.4, -0.2) is 25.0 Å². The molecule has 0 aliphatic heterocycles. The molecule has 1 aliphatic rings. The Kier molecular flexibility index (Phi) is 4.08. The number of hydrogen-bond acceptors (Lipinski definition) is 3. The predicted molar refractivity (Wildman–Crippen MR) is 81.9 cm³/mol. The molecule has 1 aromatic carbocycles. The maximum Gasteiger partial charge on any atom is 0.287 e. The Morgan fingerprint density at radius 2 is 2.20 bits per heavy atom. The maximum absolute atomic E-state index is 12.0. The number of amides is 1. The summed E-state index contributed by atoms with van der Waals surface area (Å²) in [5.41, 5.74) is 0.716. The normalized spacial score (nSPS) is 14.7. The molecule has 0 bridgehead atoms. The van der Waals surface area contributed by atoms with Gasteiger partial charge in [-0.3, -0.25) is 4.79 Å². The highest BCUT2D eigenvalue weighted by molar-refractivity contribution is 9.10. The number of nitrogens with one attached hydrogen (secondary N) is 2. The van der Waals surface area contributed by atoms with Crippen LogP contribution in [0.1, 0.15) is 29.8 Å². The predicted octanol–water partition coefficient (Wildman–Crippen LogP) is 3.07. The average molecular weight is 337 g/mol. The molecular formula is C15H17BrN2O2. The van der Waals surface area contributed by atoms with Crippen LogP contribution in [0, 0.1) is 0 Å². The molecule has 106 valence electrons. The van der Waals surface area contributed by atoms with Gasteiger partial charge in [-0.1, -0.05) is 12.1 Å². The molecule has 1 aromatic heterocycles. The number of hydrogen-bond donors (Lipinski definition) is 2. The largest absolute Gasteiger partial charge is 0.450 e. The Labute approximate surface area is 126 Å². The van der Waals surface area contributed by atoms with Gasteiger partial charge in [-0.15, -0.1) is 0 Å². The van der Waals surface area contributed by atoms with Crippen molar-refractivity contribution in [1.29, 1.82) is 0 Å². The highest BCUT2D eigenvalue weighted by Crippen LogP contribution is 2.26. The number of carbonyl (C=O) groups is 1. The van der Waals surface area contributed by atoms with Gasteiger partial charge in [0.2, 0.25) is 0 Å². The molecule has 4 nitrogen and oxygen atoms in total. The van der Waals surface area contributed by atoms with Gasteiger partial charge in [0.25, 0.3) is 5.91 Å². The number of carbonyl (C=O) groups excluding carboxylic acids is 1. The number of furan rings is 1. The molecule has 1 saturated carbocycles. The van der Waals surface area contributed by atoms with E-state index < -0.39 is 0 Å². The van der Waals surface area contributed by atoms with Crippen LogP contribution in [0.25, 0.3) is 11.0 Å².